The molecule has 0 aromatic heterocycles. The molecule has 0 fully saturated rings. The standard InChI is InChI=1S/C26H30NO8/c1-27(14-21(29)31-3)12-11-17-18(13-27)24(33-5)26-25(34-15-35-26)22(17)19(28)10-9-16-7-6-8-20(30-2)23(16)32-4/h6-10H,11-15H2,1-5H3/q+1/b10-9+/t27-/m1/s1. The number of allylic oxidation sites excluding steroid dienone is 1. The lowest BCUT2D eigenvalue weighted by Gasteiger charge is -2.38. The lowest BCUT2D eigenvalue weighted by atomic mass is 9.88. The number of rotatable bonds is 8. The van der Waals surface area contributed by atoms with Crippen molar-refractivity contribution in [1.82, 2.24) is 0 Å². The van der Waals surface area contributed by atoms with Crippen LogP contribution >= 0.6 is 0 Å². The Morgan fingerprint density at radius 1 is 1.00 bits per heavy atom. The van der Waals surface area contributed by atoms with Crippen LogP contribution in [0.3, 0.4) is 0 Å². The molecule has 0 N–H and O–H groups in total. The zero-order chi connectivity index (χ0) is 25.2. The lowest BCUT2D eigenvalue weighted by molar-refractivity contribution is -0.917. The van der Waals surface area contributed by atoms with Crippen molar-refractivity contribution in [1.29, 1.82) is 0 Å². The number of hydrogen-bond donors (Lipinski definition) is 0. The van der Waals surface area contributed by atoms with E-state index >= 15 is 0 Å². The molecule has 0 saturated carbocycles. The lowest BCUT2D eigenvalue weighted by Crippen LogP contribution is -2.51. The molecule has 0 aliphatic carbocycles. The summed E-state index contributed by atoms with van der Waals surface area (Å²) in [6.07, 6.45) is 3.76. The van der Waals surface area contributed by atoms with Crippen LogP contribution in [0.2, 0.25) is 0 Å². The summed E-state index contributed by atoms with van der Waals surface area (Å²) in [6, 6.07) is 5.46. The summed E-state index contributed by atoms with van der Waals surface area (Å²) in [7, 11) is 8.05. The number of quaternary nitrogens is 1. The zero-order valence-electron chi connectivity index (χ0n) is 20.6. The van der Waals surface area contributed by atoms with E-state index < -0.39 is 0 Å². The summed E-state index contributed by atoms with van der Waals surface area (Å²) in [4.78, 5) is 25.6. The van der Waals surface area contributed by atoms with Crippen molar-refractivity contribution in [3.05, 3.63) is 46.5 Å². The van der Waals surface area contributed by atoms with E-state index in [1.54, 1.807) is 33.5 Å². The van der Waals surface area contributed by atoms with Gasteiger partial charge in [-0.1, -0.05) is 12.1 Å². The van der Waals surface area contributed by atoms with Crippen LogP contribution in [-0.4, -0.2) is 71.6 Å². The van der Waals surface area contributed by atoms with Gasteiger partial charge >= 0.3 is 5.97 Å². The van der Waals surface area contributed by atoms with Gasteiger partial charge in [0.15, 0.2) is 35.3 Å². The number of nitrogens with zero attached hydrogens (tertiary/aromatic N) is 1. The van der Waals surface area contributed by atoms with Crippen molar-refractivity contribution in [2.75, 3.05) is 55.4 Å². The highest BCUT2D eigenvalue weighted by Crippen LogP contribution is 2.50. The molecule has 0 unspecified atom stereocenters. The van der Waals surface area contributed by atoms with Gasteiger partial charge in [-0.3, -0.25) is 4.79 Å². The molecule has 2 aromatic carbocycles. The summed E-state index contributed by atoms with van der Waals surface area (Å²) < 4.78 is 33.3. The van der Waals surface area contributed by atoms with Gasteiger partial charge in [-0.05, 0) is 23.8 Å². The summed E-state index contributed by atoms with van der Waals surface area (Å²) in [5.74, 6) is 1.93. The van der Waals surface area contributed by atoms with Crippen LogP contribution in [0.5, 0.6) is 28.7 Å². The van der Waals surface area contributed by atoms with E-state index in [9.17, 15) is 9.59 Å². The third kappa shape index (κ3) is 4.51. The van der Waals surface area contributed by atoms with Gasteiger partial charge in [-0.15, -0.1) is 0 Å². The third-order valence-corrected chi connectivity index (χ3v) is 6.46. The highest BCUT2D eigenvalue weighted by atomic mass is 16.7. The number of carbonyl (C=O) groups is 2. The fourth-order valence-corrected chi connectivity index (χ4v) is 4.76. The van der Waals surface area contributed by atoms with Crippen molar-refractivity contribution in [2.24, 2.45) is 0 Å². The van der Waals surface area contributed by atoms with Crippen molar-refractivity contribution >= 4 is 17.8 Å². The topological polar surface area (TPSA) is 89.5 Å². The maximum Gasteiger partial charge on any atom is 0.361 e. The average Bonchev–Trinajstić information content (AvgIpc) is 3.34. The molecule has 35 heavy (non-hydrogen) atoms. The summed E-state index contributed by atoms with van der Waals surface area (Å²) >= 11 is 0. The number of ketones is 1. The fraction of sp³-hybridized carbons (Fsp3) is 0.385. The number of hydrogen-bond acceptors (Lipinski definition) is 8. The largest absolute Gasteiger partial charge is 0.493 e. The maximum atomic E-state index is 13.6. The first-order chi connectivity index (χ1) is 16.9. The van der Waals surface area contributed by atoms with Crippen LogP contribution in [0, 0.1) is 0 Å². The molecule has 0 saturated heterocycles. The molecular weight excluding hydrogens is 454 g/mol. The van der Waals surface area contributed by atoms with Crippen molar-refractivity contribution in [2.45, 2.75) is 13.0 Å². The number of fused-ring (bicyclic) bond motifs is 2. The Bertz CT molecular complexity index is 1190. The van der Waals surface area contributed by atoms with Crippen LogP contribution in [0.4, 0.5) is 0 Å². The van der Waals surface area contributed by atoms with E-state index in [2.05, 4.69) is 0 Å². The SMILES string of the molecule is COC(=O)C[N@+]1(C)CCc2c(c(OC)c3c(c2C(=O)/C=C/c2cccc(OC)c2OC)OCO3)C1. The van der Waals surface area contributed by atoms with Crippen LogP contribution < -0.4 is 23.7 Å². The number of likely N-dealkylation sites (N-methyl/N-ethyl adjacent to an activating group) is 1. The molecule has 0 spiro atoms. The van der Waals surface area contributed by atoms with E-state index in [4.69, 9.17) is 28.4 Å². The molecule has 2 aliphatic rings. The normalized spacial score (nSPS) is 18.2. The predicted molar refractivity (Wildman–Crippen MR) is 127 cm³/mol. The Labute approximate surface area is 204 Å². The van der Waals surface area contributed by atoms with Gasteiger partial charge in [0.2, 0.25) is 12.5 Å². The summed E-state index contributed by atoms with van der Waals surface area (Å²) in [6.45, 7) is 1.35. The Morgan fingerprint density at radius 2 is 1.74 bits per heavy atom. The Morgan fingerprint density at radius 3 is 2.43 bits per heavy atom. The zero-order valence-corrected chi connectivity index (χ0v) is 20.6. The first-order valence-corrected chi connectivity index (χ1v) is 11.2. The molecule has 1 atom stereocenters. The molecule has 9 nitrogen and oxygen atoms in total. The molecule has 4 rings (SSSR count). The van der Waals surface area contributed by atoms with Crippen molar-refractivity contribution in [3.63, 3.8) is 0 Å². The Balaban J connectivity index is 1.77. The monoisotopic (exact) mass is 484 g/mol. The highest BCUT2D eigenvalue weighted by Gasteiger charge is 2.40. The van der Waals surface area contributed by atoms with E-state index in [-0.39, 0.29) is 25.1 Å². The van der Waals surface area contributed by atoms with Crippen molar-refractivity contribution < 1.29 is 42.5 Å². The minimum Gasteiger partial charge on any atom is -0.493 e. The quantitative estimate of drug-likeness (QED) is 0.245. The first kappa shape index (κ1) is 24.4. The second-order valence-electron chi connectivity index (χ2n) is 8.70. The smallest absolute Gasteiger partial charge is 0.361 e. The van der Waals surface area contributed by atoms with Crippen LogP contribution in [0.15, 0.2) is 24.3 Å². The van der Waals surface area contributed by atoms with Gasteiger partial charge in [0.05, 0.1) is 53.2 Å². The maximum absolute atomic E-state index is 13.6. The van der Waals surface area contributed by atoms with Crippen LogP contribution in [-0.2, 0) is 22.5 Å². The molecule has 0 radical (unpaired) electrons. The van der Waals surface area contributed by atoms with Crippen LogP contribution in [0.1, 0.15) is 27.0 Å². The Hall–Kier alpha value is -3.72. The van der Waals surface area contributed by atoms with Crippen LogP contribution in [0.25, 0.3) is 6.08 Å². The Kier molecular flexibility index (Phi) is 6.88. The molecule has 0 bridgehead atoms. The molecular formula is C26H30NO8+. The highest BCUT2D eigenvalue weighted by molar-refractivity contribution is 6.11. The molecule has 0 amide bonds. The minimum atomic E-state index is -0.290. The second kappa shape index (κ2) is 9.87. The van der Waals surface area contributed by atoms with E-state index in [1.165, 1.54) is 13.2 Å². The van der Waals surface area contributed by atoms with Crippen molar-refractivity contribution in [3.8, 4) is 28.7 Å². The third-order valence-electron chi connectivity index (χ3n) is 6.46. The van der Waals surface area contributed by atoms with E-state index in [0.717, 1.165) is 11.1 Å². The minimum absolute atomic E-state index is 0.00340. The fourth-order valence-electron chi connectivity index (χ4n) is 4.76. The molecule has 9 heteroatoms. The number of ether oxygens (including phenoxy) is 6. The van der Waals surface area contributed by atoms with Gasteiger partial charge in [0, 0.05) is 12.0 Å². The number of esters is 1. The molecule has 2 aromatic rings. The summed E-state index contributed by atoms with van der Waals surface area (Å²) in [5.41, 5.74) is 2.85. The van der Waals surface area contributed by atoms with Gasteiger partial charge < -0.3 is 32.9 Å². The number of para-hydroxylation sites is 1. The molecule has 186 valence electrons. The average molecular weight is 485 g/mol. The summed E-state index contributed by atoms with van der Waals surface area (Å²) in [5, 5.41) is 0. The predicted octanol–water partition coefficient (Wildman–Crippen LogP) is 3.01. The number of methoxy groups -OCH3 is 4. The van der Waals surface area contributed by atoms with Gasteiger partial charge in [-0.25, -0.2) is 4.79 Å². The number of carbonyl (C=O) groups excluding carboxylic acids is 2. The molecule has 2 heterocycles. The second-order valence-corrected chi connectivity index (χ2v) is 8.70. The van der Waals surface area contributed by atoms with Gasteiger partial charge in [0.25, 0.3) is 0 Å². The van der Waals surface area contributed by atoms with Gasteiger partial charge in [0.1, 0.15) is 6.54 Å². The number of benzene rings is 2. The first-order valence-electron chi connectivity index (χ1n) is 11.2. The van der Waals surface area contributed by atoms with E-state index in [0.29, 0.717) is 63.9 Å². The van der Waals surface area contributed by atoms with Gasteiger partial charge in [-0.2, -0.15) is 0 Å². The molecule has 2 aliphatic heterocycles. The van der Waals surface area contributed by atoms with E-state index in [1.807, 2.05) is 19.2 Å².